The van der Waals surface area contributed by atoms with Crippen LogP contribution in [0, 0.1) is 0 Å². The van der Waals surface area contributed by atoms with Gasteiger partial charge in [-0.25, -0.2) is 0 Å². The molecule has 0 heterocycles. The van der Waals surface area contributed by atoms with Crippen molar-refractivity contribution in [2.75, 3.05) is 0 Å². The van der Waals surface area contributed by atoms with E-state index in [9.17, 15) is 14.7 Å². The topological polar surface area (TPSA) is 54.4 Å². The van der Waals surface area contributed by atoms with Crippen molar-refractivity contribution in [1.82, 2.24) is 0 Å². The quantitative estimate of drug-likeness (QED) is 0.749. The fourth-order valence-electron chi connectivity index (χ4n) is 1.80. The molecule has 1 atom stereocenters. The van der Waals surface area contributed by atoms with Crippen LogP contribution in [-0.2, 0) is 9.59 Å². The summed E-state index contributed by atoms with van der Waals surface area (Å²) in [5, 5.41) is 10.2. The van der Waals surface area contributed by atoms with Crippen molar-refractivity contribution in [3.63, 3.8) is 0 Å². The highest BCUT2D eigenvalue weighted by Crippen LogP contribution is 2.32. The Labute approximate surface area is 89.5 Å². The molecule has 0 saturated carbocycles. The van der Waals surface area contributed by atoms with Gasteiger partial charge in [-0.1, -0.05) is 6.08 Å². The molecule has 0 aliphatic heterocycles. The first-order valence-electron chi connectivity index (χ1n) is 4.92. The van der Waals surface area contributed by atoms with Gasteiger partial charge in [0.05, 0.1) is 0 Å². The zero-order valence-corrected chi connectivity index (χ0v) is 9.55. The highest BCUT2D eigenvalue weighted by Gasteiger charge is 2.41. The molecule has 3 nitrogen and oxygen atoms in total. The second kappa shape index (κ2) is 3.74. The SMILES string of the molecule is CC(=O)CC1(O)C(=O)C(C)=C(C)C=C1C. The highest BCUT2D eigenvalue weighted by atomic mass is 16.3. The number of aliphatic hydroxyl groups is 1. The van der Waals surface area contributed by atoms with E-state index in [2.05, 4.69) is 0 Å². The molecule has 0 fully saturated rings. The Morgan fingerprint density at radius 1 is 1.40 bits per heavy atom. The van der Waals surface area contributed by atoms with Crippen LogP contribution < -0.4 is 0 Å². The average Bonchev–Trinajstić information content (AvgIpc) is 2.11. The standard InChI is InChI=1S/C12H16O3/c1-7-5-8(2)12(15,6-9(3)13)11(14)10(7)4/h5,15H,6H2,1-4H3. The maximum absolute atomic E-state index is 11.9. The molecule has 0 radical (unpaired) electrons. The predicted molar refractivity (Wildman–Crippen MR) is 57.4 cm³/mol. The van der Waals surface area contributed by atoms with Gasteiger partial charge in [-0.2, -0.15) is 0 Å². The molecule has 1 unspecified atom stereocenters. The summed E-state index contributed by atoms with van der Waals surface area (Å²) in [7, 11) is 0. The van der Waals surface area contributed by atoms with Crippen LogP contribution in [0.1, 0.15) is 34.1 Å². The van der Waals surface area contributed by atoms with Crippen LogP contribution in [0.25, 0.3) is 0 Å². The predicted octanol–water partition coefficient (Wildman–Crippen LogP) is 1.56. The molecule has 1 aliphatic rings. The second-order valence-electron chi connectivity index (χ2n) is 4.20. The van der Waals surface area contributed by atoms with Crippen LogP contribution in [0.15, 0.2) is 22.8 Å². The maximum Gasteiger partial charge on any atom is 0.194 e. The van der Waals surface area contributed by atoms with Crippen LogP contribution in [0.2, 0.25) is 0 Å². The Morgan fingerprint density at radius 2 is 1.93 bits per heavy atom. The van der Waals surface area contributed by atoms with Gasteiger partial charge in [0.1, 0.15) is 5.78 Å². The Morgan fingerprint density at radius 3 is 2.40 bits per heavy atom. The van der Waals surface area contributed by atoms with Gasteiger partial charge in [0.25, 0.3) is 0 Å². The number of allylic oxidation sites excluding steroid dienone is 2. The van der Waals surface area contributed by atoms with Crippen molar-refractivity contribution in [3.8, 4) is 0 Å². The van der Waals surface area contributed by atoms with Gasteiger partial charge in [-0.05, 0) is 44.4 Å². The largest absolute Gasteiger partial charge is 0.377 e. The molecule has 0 amide bonds. The summed E-state index contributed by atoms with van der Waals surface area (Å²) in [6, 6.07) is 0. The van der Waals surface area contributed by atoms with Crippen molar-refractivity contribution in [2.45, 2.75) is 39.7 Å². The van der Waals surface area contributed by atoms with Crippen LogP contribution in [0.5, 0.6) is 0 Å². The first kappa shape index (κ1) is 11.9. The maximum atomic E-state index is 11.9. The molecule has 15 heavy (non-hydrogen) atoms. The third-order valence-corrected chi connectivity index (χ3v) is 2.90. The van der Waals surface area contributed by atoms with Gasteiger partial charge in [-0.15, -0.1) is 0 Å². The zero-order valence-electron chi connectivity index (χ0n) is 9.55. The van der Waals surface area contributed by atoms with E-state index < -0.39 is 5.60 Å². The van der Waals surface area contributed by atoms with Crippen LogP contribution in [-0.4, -0.2) is 22.3 Å². The van der Waals surface area contributed by atoms with Gasteiger partial charge in [0, 0.05) is 6.42 Å². The van der Waals surface area contributed by atoms with Gasteiger partial charge < -0.3 is 5.11 Å². The van der Waals surface area contributed by atoms with Crippen molar-refractivity contribution in [3.05, 3.63) is 22.8 Å². The lowest BCUT2D eigenvalue weighted by Crippen LogP contribution is -2.44. The number of Topliss-reactive ketones (excluding diaryl/α,β-unsaturated/α-hetero) is 2. The second-order valence-corrected chi connectivity index (χ2v) is 4.20. The molecule has 0 spiro atoms. The molecule has 1 rings (SSSR count). The molecule has 0 bridgehead atoms. The Bertz CT molecular complexity index is 384. The number of ketones is 2. The lowest BCUT2D eigenvalue weighted by Gasteiger charge is -2.31. The molecule has 0 aromatic heterocycles. The first-order chi connectivity index (χ1) is 6.79. The zero-order chi connectivity index (χ0) is 11.8. The number of carbonyl (C=O) groups is 2. The third kappa shape index (κ3) is 1.92. The summed E-state index contributed by atoms with van der Waals surface area (Å²) in [5.41, 5.74) is 0.316. The van der Waals surface area contributed by atoms with E-state index in [4.69, 9.17) is 0 Å². The van der Waals surface area contributed by atoms with Crippen molar-refractivity contribution in [1.29, 1.82) is 0 Å². The van der Waals surface area contributed by atoms with Gasteiger partial charge in [-0.3, -0.25) is 9.59 Å². The van der Waals surface area contributed by atoms with Crippen LogP contribution >= 0.6 is 0 Å². The minimum absolute atomic E-state index is 0.140. The normalized spacial score (nSPS) is 26.7. The fourth-order valence-corrected chi connectivity index (χ4v) is 1.80. The monoisotopic (exact) mass is 208 g/mol. The number of hydrogen-bond acceptors (Lipinski definition) is 3. The molecule has 1 N–H and O–H groups in total. The van der Waals surface area contributed by atoms with E-state index in [1.54, 1.807) is 19.9 Å². The van der Waals surface area contributed by atoms with Crippen LogP contribution in [0.4, 0.5) is 0 Å². The average molecular weight is 208 g/mol. The summed E-state index contributed by atoms with van der Waals surface area (Å²) in [6.45, 7) is 6.55. The lowest BCUT2D eigenvalue weighted by molar-refractivity contribution is -0.135. The molecule has 0 aromatic rings. The minimum Gasteiger partial charge on any atom is -0.377 e. The fraction of sp³-hybridized carbons (Fsp3) is 0.500. The summed E-state index contributed by atoms with van der Waals surface area (Å²) in [5.74, 6) is -0.541. The Hall–Kier alpha value is -1.22. The van der Waals surface area contributed by atoms with Crippen molar-refractivity contribution < 1.29 is 14.7 Å². The molecule has 0 aromatic carbocycles. The summed E-state index contributed by atoms with van der Waals surface area (Å²) in [6.07, 6.45) is 1.62. The first-order valence-corrected chi connectivity index (χ1v) is 4.92. The summed E-state index contributed by atoms with van der Waals surface area (Å²) in [4.78, 5) is 22.9. The van der Waals surface area contributed by atoms with Crippen molar-refractivity contribution >= 4 is 11.6 Å². The van der Waals surface area contributed by atoms with E-state index in [1.807, 2.05) is 6.92 Å². The molecule has 1 aliphatic carbocycles. The van der Waals surface area contributed by atoms with Crippen LogP contribution in [0.3, 0.4) is 0 Å². The molecule has 3 heteroatoms. The summed E-state index contributed by atoms with van der Waals surface area (Å²) >= 11 is 0. The molecule has 82 valence electrons. The van der Waals surface area contributed by atoms with Gasteiger partial charge in [0.2, 0.25) is 0 Å². The van der Waals surface area contributed by atoms with Gasteiger partial charge in [0.15, 0.2) is 11.4 Å². The van der Waals surface area contributed by atoms with Gasteiger partial charge >= 0.3 is 0 Å². The van der Waals surface area contributed by atoms with E-state index >= 15 is 0 Å². The minimum atomic E-state index is -1.62. The van der Waals surface area contributed by atoms with E-state index in [-0.39, 0.29) is 18.0 Å². The van der Waals surface area contributed by atoms with Crippen molar-refractivity contribution in [2.24, 2.45) is 0 Å². The van der Waals surface area contributed by atoms with E-state index in [0.29, 0.717) is 11.1 Å². The third-order valence-electron chi connectivity index (χ3n) is 2.90. The number of carbonyl (C=O) groups excluding carboxylic acids is 2. The summed E-state index contributed by atoms with van der Waals surface area (Å²) < 4.78 is 0. The number of hydrogen-bond donors (Lipinski definition) is 1. The Kier molecular flexibility index (Phi) is 2.95. The highest BCUT2D eigenvalue weighted by molar-refractivity contribution is 6.07. The molecule has 0 saturated heterocycles. The lowest BCUT2D eigenvalue weighted by atomic mass is 9.77. The Balaban J connectivity index is 3.19. The molecular formula is C12H16O3. The number of rotatable bonds is 2. The smallest absolute Gasteiger partial charge is 0.194 e. The van der Waals surface area contributed by atoms with E-state index in [0.717, 1.165) is 5.57 Å². The van der Waals surface area contributed by atoms with E-state index in [1.165, 1.54) is 6.92 Å². The molecular weight excluding hydrogens is 192 g/mol.